The van der Waals surface area contributed by atoms with Crippen LogP contribution in [0, 0.1) is 24.2 Å². The number of piperidine rings is 1. The first-order valence-corrected chi connectivity index (χ1v) is 12.0. The molecule has 1 amide bonds. The maximum Gasteiger partial charge on any atom is 0.253 e. The molecule has 2 aromatic carbocycles. The number of aromatic nitrogens is 3. The Morgan fingerprint density at radius 1 is 1.23 bits per heavy atom. The van der Waals surface area contributed by atoms with Gasteiger partial charge in [-0.15, -0.1) is 10.2 Å². The molecule has 2 aliphatic rings. The minimum absolute atomic E-state index is 0.115. The lowest BCUT2D eigenvalue weighted by Crippen LogP contribution is -2.43. The largest absolute Gasteiger partial charge is 0.381 e. The molecule has 0 aliphatic carbocycles. The molecule has 1 N–H and O–H groups in total. The highest BCUT2D eigenvalue weighted by molar-refractivity contribution is 5.95. The van der Waals surface area contributed by atoms with Crippen molar-refractivity contribution in [2.24, 2.45) is 5.92 Å². The van der Waals surface area contributed by atoms with E-state index in [9.17, 15) is 4.79 Å². The molecule has 2 fully saturated rings. The van der Waals surface area contributed by atoms with Crippen LogP contribution >= 0.6 is 0 Å². The third kappa shape index (κ3) is 4.82. The molecule has 1 aromatic heterocycles. The predicted molar refractivity (Wildman–Crippen MR) is 128 cm³/mol. The van der Waals surface area contributed by atoms with Gasteiger partial charge in [0.15, 0.2) is 5.82 Å². The number of benzene rings is 2. The van der Waals surface area contributed by atoms with E-state index in [1.807, 2.05) is 25.1 Å². The van der Waals surface area contributed by atoms with E-state index < -0.39 is 5.67 Å². The maximum absolute atomic E-state index is 15.6. The van der Waals surface area contributed by atoms with Crippen LogP contribution in [-0.2, 0) is 16.8 Å². The molecule has 0 unspecified atom stereocenters. The molecular weight excluding hydrogens is 445 g/mol. The molecule has 0 spiro atoms. The molecule has 0 saturated carbocycles. The lowest BCUT2D eigenvalue weighted by Gasteiger charge is -2.36. The van der Waals surface area contributed by atoms with E-state index in [2.05, 4.69) is 21.3 Å². The number of likely N-dealkylation sites (tertiary alicyclic amines) is 1. The zero-order valence-corrected chi connectivity index (χ0v) is 19.8. The number of carbonyl (C=O) groups excluding carboxylic acids is 1. The van der Waals surface area contributed by atoms with Crippen molar-refractivity contribution in [2.45, 2.75) is 38.3 Å². The van der Waals surface area contributed by atoms with Crippen LogP contribution in [0.25, 0.3) is 11.4 Å². The second-order valence-corrected chi connectivity index (χ2v) is 9.53. The Balaban J connectivity index is 1.28. The molecule has 5 rings (SSSR count). The molecule has 0 radical (unpaired) electrons. The van der Waals surface area contributed by atoms with Crippen molar-refractivity contribution in [3.05, 3.63) is 70.5 Å². The van der Waals surface area contributed by atoms with E-state index in [4.69, 9.17) is 10.00 Å². The summed E-state index contributed by atoms with van der Waals surface area (Å²) in [4.78, 5) is 18.3. The van der Waals surface area contributed by atoms with E-state index in [0.29, 0.717) is 41.5 Å². The summed E-state index contributed by atoms with van der Waals surface area (Å²) in [5.74, 6) is 1.81. The Morgan fingerprint density at radius 3 is 2.69 bits per heavy atom. The summed E-state index contributed by atoms with van der Waals surface area (Å²) in [7, 11) is 0. The lowest BCUT2D eigenvalue weighted by molar-refractivity contribution is 0.0421. The number of nitrogens with one attached hydrogen (secondary N) is 1. The number of alkyl halides is 1. The summed E-state index contributed by atoms with van der Waals surface area (Å²) in [5.41, 5.74) is 1.96. The van der Waals surface area contributed by atoms with Crippen molar-refractivity contribution in [1.82, 2.24) is 20.1 Å². The number of nitrogens with zero attached hydrogens (tertiary/aromatic N) is 4. The highest BCUT2D eigenvalue weighted by Crippen LogP contribution is 2.37. The van der Waals surface area contributed by atoms with Crippen LogP contribution in [0.2, 0.25) is 0 Å². The van der Waals surface area contributed by atoms with Crippen LogP contribution in [0.4, 0.5) is 4.39 Å². The number of halogens is 1. The van der Waals surface area contributed by atoms with Crippen molar-refractivity contribution >= 4 is 5.91 Å². The fourth-order valence-corrected chi connectivity index (χ4v) is 4.92. The van der Waals surface area contributed by atoms with Gasteiger partial charge in [0, 0.05) is 56.7 Å². The van der Waals surface area contributed by atoms with Gasteiger partial charge in [-0.25, -0.2) is 4.39 Å². The number of rotatable bonds is 5. The van der Waals surface area contributed by atoms with E-state index in [1.165, 1.54) is 0 Å². The molecule has 3 heterocycles. The standard InChI is InChI=1S/C27H28FN5O2/c1-18-2-5-21(15-23(18)25-30-24(31-32-25)14-20-8-13-35-17-20)26(34)33-11-9-27(28,10-12-33)22-6-3-19(16-29)4-7-22/h2-7,15,20H,8-14,17H2,1H3,(H,30,31,32)/t20-/m0/s1. The van der Waals surface area contributed by atoms with Crippen molar-refractivity contribution in [1.29, 1.82) is 5.26 Å². The minimum atomic E-state index is -1.50. The Bertz CT molecular complexity index is 1250. The minimum Gasteiger partial charge on any atom is -0.381 e. The summed E-state index contributed by atoms with van der Waals surface area (Å²) >= 11 is 0. The second kappa shape index (κ2) is 9.59. The van der Waals surface area contributed by atoms with Gasteiger partial charge in [-0.3, -0.25) is 4.79 Å². The normalized spacial score (nSPS) is 19.5. The number of hydrogen-bond donors (Lipinski definition) is 1. The zero-order chi connectivity index (χ0) is 24.4. The second-order valence-electron chi connectivity index (χ2n) is 9.53. The third-order valence-corrected chi connectivity index (χ3v) is 7.15. The number of aromatic amines is 1. The number of nitriles is 1. The van der Waals surface area contributed by atoms with Crippen molar-refractivity contribution in [3.8, 4) is 17.5 Å². The number of amides is 1. The average molecular weight is 474 g/mol. The lowest BCUT2D eigenvalue weighted by atomic mass is 9.85. The van der Waals surface area contributed by atoms with E-state index in [-0.39, 0.29) is 18.7 Å². The number of H-pyrrole nitrogens is 1. The van der Waals surface area contributed by atoms with E-state index >= 15 is 4.39 Å². The molecule has 180 valence electrons. The third-order valence-electron chi connectivity index (χ3n) is 7.15. The molecule has 8 heteroatoms. The number of aryl methyl sites for hydroxylation is 1. The Labute approximate surface area is 203 Å². The zero-order valence-electron chi connectivity index (χ0n) is 19.8. The van der Waals surface area contributed by atoms with Gasteiger partial charge in [0.05, 0.1) is 11.6 Å². The molecule has 35 heavy (non-hydrogen) atoms. The molecule has 0 bridgehead atoms. The van der Waals surface area contributed by atoms with Crippen LogP contribution in [0.5, 0.6) is 0 Å². The molecular formula is C27H28FN5O2. The molecule has 7 nitrogen and oxygen atoms in total. The van der Waals surface area contributed by atoms with Gasteiger partial charge < -0.3 is 14.6 Å². The van der Waals surface area contributed by atoms with Gasteiger partial charge in [0.1, 0.15) is 11.5 Å². The predicted octanol–water partition coefficient (Wildman–Crippen LogP) is 4.33. The van der Waals surface area contributed by atoms with Gasteiger partial charge in [-0.1, -0.05) is 18.2 Å². The molecule has 3 aromatic rings. The van der Waals surface area contributed by atoms with Crippen molar-refractivity contribution < 1.29 is 13.9 Å². The molecule has 2 aliphatic heterocycles. The average Bonchev–Trinajstić information content (AvgIpc) is 3.57. The summed E-state index contributed by atoms with van der Waals surface area (Å²) < 4.78 is 21.1. The van der Waals surface area contributed by atoms with Gasteiger partial charge in [0.2, 0.25) is 0 Å². The summed E-state index contributed by atoms with van der Waals surface area (Å²) in [6.45, 7) is 4.18. The Kier molecular flexibility index (Phi) is 6.35. The highest BCUT2D eigenvalue weighted by atomic mass is 19.1. The number of ether oxygens (including phenoxy) is 1. The van der Waals surface area contributed by atoms with Gasteiger partial charge >= 0.3 is 0 Å². The highest BCUT2D eigenvalue weighted by Gasteiger charge is 2.37. The Hall–Kier alpha value is -3.57. The Morgan fingerprint density at radius 2 is 2.00 bits per heavy atom. The van der Waals surface area contributed by atoms with Gasteiger partial charge in [0.25, 0.3) is 5.91 Å². The van der Waals surface area contributed by atoms with Crippen molar-refractivity contribution in [3.63, 3.8) is 0 Å². The van der Waals surface area contributed by atoms with Crippen LogP contribution in [0.1, 0.15) is 52.1 Å². The summed E-state index contributed by atoms with van der Waals surface area (Å²) in [5, 5.41) is 17.6. The number of carbonyl (C=O) groups is 1. The first-order chi connectivity index (χ1) is 16.9. The first kappa shape index (κ1) is 23.2. The topological polar surface area (TPSA) is 94.9 Å². The van der Waals surface area contributed by atoms with Gasteiger partial charge in [-0.05, 0) is 54.7 Å². The van der Waals surface area contributed by atoms with Gasteiger partial charge in [-0.2, -0.15) is 5.26 Å². The summed E-state index contributed by atoms with van der Waals surface area (Å²) in [6, 6.07) is 14.2. The monoisotopic (exact) mass is 473 g/mol. The maximum atomic E-state index is 15.6. The van der Waals surface area contributed by atoms with Crippen LogP contribution in [0.15, 0.2) is 42.5 Å². The van der Waals surface area contributed by atoms with Crippen LogP contribution in [0.3, 0.4) is 0 Å². The summed E-state index contributed by atoms with van der Waals surface area (Å²) in [6.07, 6.45) is 2.27. The van der Waals surface area contributed by atoms with Crippen molar-refractivity contribution in [2.75, 3.05) is 26.3 Å². The van der Waals surface area contributed by atoms with E-state index in [0.717, 1.165) is 43.0 Å². The fraction of sp³-hybridized carbons (Fsp3) is 0.407. The number of hydrogen-bond acceptors (Lipinski definition) is 5. The quantitative estimate of drug-likeness (QED) is 0.595. The first-order valence-electron chi connectivity index (χ1n) is 12.0. The molecule has 1 atom stereocenters. The van der Waals surface area contributed by atoms with E-state index in [1.54, 1.807) is 29.2 Å². The molecule has 2 saturated heterocycles. The van der Waals surface area contributed by atoms with Crippen LogP contribution < -0.4 is 0 Å². The fourth-order valence-electron chi connectivity index (χ4n) is 4.92. The van der Waals surface area contributed by atoms with Crippen LogP contribution in [-0.4, -0.2) is 52.3 Å². The SMILES string of the molecule is Cc1ccc(C(=O)N2CCC(F)(c3ccc(C#N)cc3)CC2)cc1-c1nnc(C[C@@H]2CCOC2)[nH]1. The smallest absolute Gasteiger partial charge is 0.253 e.